The highest BCUT2D eigenvalue weighted by Crippen LogP contribution is 2.30. The summed E-state index contributed by atoms with van der Waals surface area (Å²) in [6, 6.07) is 0.635. The van der Waals surface area contributed by atoms with Crippen LogP contribution in [-0.4, -0.2) is 23.5 Å². The van der Waals surface area contributed by atoms with Crippen LogP contribution in [0.15, 0.2) is 4.99 Å². The average Bonchev–Trinajstić information content (AvgIpc) is 2.41. The van der Waals surface area contributed by atoms with E-state index >= 15 is 0 Å². The van der Waals surface area contributed by atoms with Crippen LogP contribution in [0.5, 0.6) is 0 Å². The smallest absolute Gasteiger partial charge is 0.156 e. The van der Waals surface area contributed by atoms with E-state index < -0.39 is 0 Å². The fourth-order valence-corrected chi connectivity index (χ4v) is 4.10. The molecule has 1 aliphatic heterocycles. The summed E-state index contributed by atoms with van der Waals surface area (Å²) in [7, 11) is 0. The lowest BCUT2D eigenvalue weighted by Gasteiger charge is -2.29. The maximum atomic E-state index is 4.80. The number of nitrogens with one attached hydrogen (secondary N) is 1. The minimum atomic E-state index is 0.635. The molecule has 1 heterocycles. The van der Waals surface area contributed by atoms with Crippen LogP contribution >= 0.6 is 11.8 Å². The minimum Gasteiger partial charge on any atom is -0.362 e. The first-order valence-electron chi connectivity index (χ1n) is 8.09. The van der Waals surface area contributed by atoms with Crippen LogP contribution in [-0.2, 0) is 0 Å². The Hall–Kier alpha value is -0.180. The summed E-state index contributed by atoms with van der Waals surface area (Å²) in [6.45, 7) is 8.02. The monoisotopic (exact) mass is 282 g/mol. The fourth-order valence-electron chi connectivity index (χ4n) is 3.11. The highest BCUT2D eigenvalue weighted by Gasteiger charge is 2.21. The number of aliphatic imine (C=N–C) groups is 1. The molecular weight excluding hydrogens is 252 g/mol. The summed E-state index contributed by atoms with van der Waals surface area (Å²) in [5, 5.41) is 4.81. The maximum absolute atomic E-state index is 4.80. The molecule has 0 spiro atoms. The second kappa shape index (κ2) is 7.56. The third-order valence-corrected chi connectivity index (χ3v) is 5.67. The molecule has 0 amide bonds. The Morgan fingerprint density at radius 2 is 1.95 bits per heavy atom. The van der Waals surface area contributed by atoms with Gasteiger partial charge in [-0.1, -0.05) is 58.2 Å². The Morgan fingerprint density at radius 3 is 2.63 bits per heavy atom. The van der Waals surface area contributed by atoms with Gasteiger partial charge in [0.15, 0.2) is 5.17 Å². The highest BCUT2D eigenvalue weighted by atomic mass is 32.2. The predicted octanol–water partition coefficient (Wildman–Crippen LogP) is 4.31. The van der Waals surface area contributed by atoms with Crippen molar-refractivity contribution in [2.75, 3.05) is 12.3 Å². The molecule has 3 heteroatoms. The van der Waals surface area contributed by atoms with Crippen LogP contribution in [0.25, 0.3) is 0 Å². The zero-order chi connectivity index (χ0) is 13.7. The quantitative estimate of drug-likeness (QED) is 0.831. The molecule has 0 aromatic carbocycles. The van der Waals surface area contributed by atoms with Gasteiger partial charge >= 0.3 is 0 Å². The number of nitrogens with zero attached hydrogens (tertiary/aromatic N) is 1. The molecule has 2 rings (SSSR count). The SMILES string of the molecule is CC1CCC(CCN=C2NC(C(C)C)CCS2)CC1. The largest absolute Gasteiger partial charge is 0.362 e. The van der Waals surface area contributed by atoms with Gasteiger partial charge in [-0.05, 0) is 30.6 Å². The van der Waals surface area contributed by atoms with Gasteiger partial charge in [0.05, 0.1) is 0 Å². The number of rotatable bonds is 4. The summed E-state index contributed by atoms with van der Waals surface area (Å²) >= 11 is 1.91. The first kappa shape index (κ1) is 15.2. The van der Waals surface area contributed by atoms with Gasteiger partial charge in [-0.15, -0.1) is 0 Å². The maximum Gasteiger partial charge on any atom is 0.156 e. The number of hydrogen-bond donors (Lipinski definition) is 1. The van der Waals surface area contributed by atoms with Crippen molar-refractivity contribution in [3.63, 3.8) is 0 Å². The molecule has 2 fully saturated rings. The van der Waals surface area contributed by atoms with Crippen molar-refractivity contribution in [3.05, 3.63) is 0 Å². The number of thioether (sulfide) groups is 1. The van der Waals surface area contributed by atoms with E-state index in [1.54, 1.807) is 0 Å². The molecule has 2 nitrogen and oxygen atoms in total. The van der Waals surface area contributed by atoms with E-state index in [-0.39, 0.29) is 0 Å². The first-order valence-corrected chi connectivity index (χ1v) is 9.07. The molecule has 1 aliphatic carbocycles. The van der Waals surface area contributed by atoms with Crippen molar-refractivity contribution >= 4 is 16.9 Å². The van der Waals surface area contributed by atoms with Crippen LogP contribution in [0.4, 0.5) is 0 Å². The van der Waals surface area contributed by atoms with Gasteiger partial charge in [-0.2, -0.15) is 0 Å². The lowest BCUT2D eigenvalue weighted by Crippen LogP contribution is -2.41. The Balaban J connectivity index is 1.70. The lowest BCUT2D eigenvalue weighted by molar-refractivity contribution is 0.280. The van der Waals surface area contributed by atoms with Crippen molar-refractivity contribution < 1.29 is 0 Å². The van der Waals surface area contributed by atoms with Crippen LogP contribution in [0.1, 0.15) is 59.3 Å². The van der Waals surface area contributed by atoms with Gasteiger partial charge < -0.3 is 5.32 Å². The molecule has 0 aromatic heterocycles. The molecule has 1 saturated carbocycles. The zero-order valence-corrected chi connectivity index (χ0v) is 13.6. The van der Waals surface area contributed by atoms with Gasteiger partial charge in [-0.25, -0.2) is 0 Å². The molecular formula is C16H30N2S. The number of amidine groups is 1. The molecule has 110 valence electrons. The van der Waals surface area contributed by atoms with E-state index in [1.165, 1.54) is 49.4 Å². The van der Waals surface area contributed by atoms with Gasteiger partial charge in [0.25, 0.3) is 0 Å². The van der Waals surface area contributed by atoms with Crippen molar-refractivity contribution in [1.29, 1.82) is 0 Å². The van der Waals surface area contributed by atoms with Gasteiger partial charge in [0.2, 0.25) is 0 Å². The third-order valence-electron chi connectivity index (χ3n) is 4.71. The van der Waals surface area contributed by atoms with Gasteiger partial charge in [0, 0.05) is 18.3 Å². The Labute approximate surface area is 123 Å². The minimum absolute atomic E-state index is 0.635. The lowest BCUT2D eigenvalue weighted by atomic mass is 9.81. The normalized spacial score (nSPS) is 34.5. The van der Waals surface area contributed by atoms with Crippen LogP contribution < -0.4 is 5.32 Å². The van der Waals surface area contributed by atoms with E-state index in [4.69, 9.17) is 4.99 Å². The van der Waals surface area contributed by atoms with Crippen molar-refractivity contribution in [2.45, 2.75) is 65.3 Å². The van der Waals surface area contributed by atoms with Crippen LogP contribution in [0.3, 0.4) is 0 Å². The predicted molar refractivity (Wildman–Crippen MR) is 86.9 cm³/mol. The van der Waals surface area contributed by atoms with Crippen LogP contribution in [0.2, 0.25) is 0 Å². The van der Waals surface area contributed by atoms with Crippen LogP contribution in [0, 0.1) is 17.8 Å². The Bertz CT molecular complexity index is 293. The molecule has 0 bridgehead atoms. The molecule has 0 aromatic rings. The Kier molecular flexibility index (Phi) is 6.06. The molecule has 1 atom stereocenters. The van der Waals surface area contributed by atoms with Gasteiger partial charge in [-0.3, -0.25) is 4.99 Å². The van der Waals surface area contributed by atoms with E-state index in [9.17, 15) is 0 Å². The summed E-state index contributed by atoms with van der Waals surface area (Å²) in [5.74, 6) is 3.85. The second-order valence-electron chi connectivity index (χ2n) is 6.73. The summed E-state index contributed by atoms with van der Waals surface area (Å²) < 4.78 is 0. The third kappa shape index (κ3) is 5.02. The molecule has 1 saturated heterocycles. The topological polar surface area (TPSA) is 24.4 Å². The second-order valence-corrected chi connectivity index (χ2v) is 7.82. The molecule has 0 radical (unpaired) electrons. The highest BCUT2D eigenvalue weighted by molar-refractivity contribution is 8.13. The Morgan fingerprint density at radius 1 is 1.21 bits per heavy atom. The fraction of sp³-hybridized carbons (Fsp3) is 0.938. The molecule has 19 heavy (non-hydrogen) atoms. The van der Waals surface area contributed by atoms with Crippen molar-refractivity contribution in [1.82, 2.24) is 5.32 Å². The van der Waals surface area contributed by atoms with Crippen molar-refractivity contribution in [3.8, 4) is 0 Å². The number of hydrogen-bond acceptors (Lipinski definition) is 2. The first-order chi connectivity index (χ1) is 9.15. The van der Waals surface area contributed by atoms with E-state index in [0.29, 0.717) is 12.0 Å². The van der Waals surface area contributed by atoms with Crippen molar-refractivity contribution in [2.24, 2.45) is 22.7 Å². The molecule has 1 unspecified atom stereocenters. The summed E-state index contributed by atoms with van der Waals surface area (Å²) in [4.78, 5) is 4.80. The molecule has 2 aliphatic rings. The average molecular weight is 282 g/mol. The van der Waals surface area contributed by atoms with E-state index in [1.807, 2.05) is 11.8 Å². The molecule has 1 N–H and O–H groups in total. The zero-order valence-electron chi connectivity index (χ0n) is 12.8. The van der Waals surface area contributed by atoms with E-state index in [2.05, 4.69) is 26.1 Å². The van der Waals surface area contributed by atoms with Gasteiger partial charge in [0.1, 0.15) is 0 Å². The standard InChI is InChI=1S/C16H30N2S/c1-12(2)15-9-11-19-16(18-15)17-10-8-14-6-4-13(3)5-7-14/h12-15H,4-11H2,1-3H3,(H,17,18). The summed E-state index contributed by atoms with van der Waals surface area (Å²) in [5.41, 5.74) is 0. The van der Waals surface area contributed by atoms with E-state index in [0.717, 1.165) is 18.4 Å². The summed E-state index contributed by atoms with van der Waals surface area (Å²) in [6.07, 6.45) is 8.31.